The number of hydrogen-bond donors (Lipinski definition) is 2. The van der Waals surface area contributed by atoms with E-state index >= 15 is 0 Å². The number of amides is 2. The number of nitrogens with one attached hydrogen (secondary N) is 2. The van der Waals surface area contributed by atoms with Gasteiger partial charge in [0.25, 0.3) is 0 Å². The molecule has 2 N–H and O–H groups in total. The van der Waals surface area contributed by atoms with Crippen LogP contribution < -0.4 is 10.6 Å². The van der Waals surface area contributed by atoms with E-state index < -0.39 is 0 Å². The SMILES string of the molecule is O=C(NCCN1CCOCC1)N1CC2(CNC2)C1. The average molecular weight is 254 g/mol. The number of rotatable bonds is 3. The summed E-state index contributed by atoms with van der Waals surface area (Å²) in [6.45, 7) is 9.24. The zero-order valence-electron chi connectivity index (χ0n) is 10.8. The summed E-state index contributed by atoms with van der Waals surface area (Å²) in [5.41, 5.74) is 0.418. The van der Waals surface area contributed by atoms with Gasteiger partial charge >= 0.3 is 6.03 Å². The molecular weight excluding hydrogens is 232 g/mol. The van der Waals surface area contributed by atoms with E-state index in [0.29, 0.717) is 5.41 Å². The molecule has 3 fully saturated rings. The number of nitrogens with zero attached hydrogens (tertiary/aromatic N) is 2. The smallest absolute Gasteiger partial charge is 0.317 e. The average Bonchev–Trinajstić information content (AvgIpc) is 2.26. The maximum atomic E-state index is 11.8. The molecule has 0 bridgehead atoms. The van der Waals surface area contributed by atoms with Gasteiger partial charge in [0.15, 0.2) is 0 Å². The molecule has 2 amide bonds. The van der Waals surface area contributed by atoms with Gasteiger partial charge in [-0.1, -0.05) is 0 Å². The fourth-order valence-electron chi connectivity index (χ4n) is 2.87. The van der Waals surface area contributed by atoms with Crippen molar-refractivity contribution in [1.29, 1.82) is 0 Å². The first-order chi connectivity index (χ1) is 8.77. The lowest BCUT2D eigenvalue weighted by atomic mass is 9.75. The Hall–Kier alpha value is -0.850. The summed E-state index contributed by atoms with van der Waals surface area (Å²) in [5, 5.41) is 6.27. The van der Waals surface area contributed by atoms with E-state index in [2.05, 4.69) is 15.5 Å². The Bertz CT molecular complexity index is 305. The van der Waals surface area contributed by atoms with Crippen LogP contribution in [0, 0.1) is 5.41 Å². The minimum Gasteiger partial charge on any atom is -0.379 e. The number of hydrogen-bond acceptors (Lipinski definition) is 4. The van der Waals surface area contributed by atoms with Crippen LogP contribution in [0.25, 0.3) is 0 Å². The molecule has 6 nitrogen and oxygen atoms in total. The molecule has 6 heteroatoms. The van der Waals surface area contributed by atoms with Gasteiger partial charge in [0, 0.05) is 57.8 Å². The minimum absolute atomic E-state index is 0.0979. The normalized spacial score (nSPS) is 26.6. The molecule has 1 spiro atoms. The molecule has 102 valence electrons. The second kappa shape index (κ2) is 5.03. The van der Waals surface area contributed by atoms with Gasteiger partial charge in [-0.15, -0.1) is 0 Å². The van der Waals surface area contributed by atoms with Crippen molar-refractivity contribution in [3.8, 4) is 0 Å². The number of ether oxygens (including phenoxy) is 1. The van der Waals surface area contributed by atoms with Crippen molar-refractivity contribution in [1.82, 2.24) is 20.4 Å². The monoisotopic (exact) mass is 254 g/mol. The number of carbonyl (C=O) groups excluding carboxylic acids is 1. The fraction of sp³-hybridized carbons (Fsp3) is 0.917. The maximum absolute atomic E-state index is 11.8. The van der Waals surface area contributed by atoms with Gasteiger partial charge in [0.2, 0.25) is 0 Å². The van der Waals surface area contributed by atoms with Gasteiger partial charge < -0.3 is 20.3 Å². The lowest BCUT2D eigenvalue weighted by molar-refractivity contribution is -0.0114. The predicted molar refractivity (Wildman–Crippen MR) is 67.5 cm³/mol. The van der Waals surface area contributed by atoms with Crippen molar-refractivity contribution in [3.63, 3.8) is 0 Å². The Morgan fingerprint density at radius 2 is 2.00 bits per heavy atom. The van der Waals surface area contributed by atoms with Gasteiger partial charge in [-0.2, -0.15) is 0 Å². The number of urea groups is 1. The van der Waals surface area contributed by atoms with Crippen molar-refractivity contribution >= 4 is 6.03 Å². The van der Waals surface area contributed by atoms with Crippen molar-refractivity contribution in [3.05, 3.63) is 0 Å². The Kier molecular flexibility index (Phi) is 3.41. The Morgan fingerprint density at radius 1 is 1.28 bits per heavy atom. The lowest BCUT2D eigenvalue weighted by Crippen LogP contribution is -2.72. The lowest BCUT2D eigenvalue weighted by Gasteiger charge is -2.55. The second-order valence-corrected chi connectivity index (χ2v) is 5.65. The summed E-state index contributed by atoms with van der Waals surface area (Å²) >= 11 is 0. The van der Waals surface area contributed by atoms with E-state index in [1.165, 1.54) is 0 Å². The molecule has 3 aliphatic heterocycles. The van der Waals surface area contributed by atoms with Gasteiger partial charge in [-0.05, 0) is 0 Å². The summed E-state index contributed by atoms with van der Waals surface area (Å²) in [7, 11) is 0. The maximum Gasteiger partial charge on any atom is 0.317 e. The quantitative estimate of drug-likeness (QED) is 0.674. The minimum atomic E-state index is 0.0979. The molecule has 3 saturated heterocycles. The molecule has 3 heterocycles. The van der Waals surface area contributed by atoms with Crippen molar-refractivity contribution in [2.45, 2.75) is 0 Å². The molecule has 18 heavy (non-hydrogen) atoms. The zero-order valence-corrected chi connectivity index (χ0v) is 10.8. The van der Waals surface area contributed by atoms with E-state index in [4.69, 9.17) is 4.74 Å². The first kappa shape index (κ1) is 12.2. The van der Waals surface area contributed by atoms with Crippen molar-refractivity contribution < 1.29 is 9.53 Å². The van der Waals surface area contributed by atoms with Crippen LogP contribution in [0.15, 0.2) is 0 Å². The highest BCUT2D eigenvalue weighted by Gasteiger charge is 2.49. The first-order valence-corrected chi connectivity index (χ1v) is 6.81. The molecule has 0 aliphatic carbocycles. The van der Waals surface area contributed by atoms with E-state index in [1.54, 1.807) is 0 Å². The van der Waals surface area contributed by atoms with Crippen LogP contribution >= 0.6 is 0 Å². The van der Waals surface area contributed by atoms with E-state index in [0.717, 1.165) is 65.6 Å². The molecule has 0 saturated carbocycles. The Labute approximate surface area is 108 Å². The van der Waals surface area contributed by atoms with Gasteiger partial charge in [-0.25, -0.2) is 4.79 Å². The van der Waals surface area contributed by atoms with Crippen molar-refractivity contribution in [2.75, 3.05) is 65.6 Å². The molecule has 0 atom stereocenters. The molecule has 0 radical (unpaired) electrons. The third-order valence-corrected chi connectivity index (χ3v) is 4.15. The summed E-state index contributed by atoms with van der Waals surface area (Å²) in [6.07, 6.45) is 0. The third-order valence-electron chi connectivity index (χ3n) is 4.15. The highest BCUT2D eigenvalue weighted by Crippen LogP contribution is 2.33. The highest BCUT2D eigenvalue weighted by molar-refractivity contribution is 5.75. The summed E-state index contributed by atoms with van der Waals surface area (Å²) < 4.78 is 5.29. The summed E-state index contributed by atoms with van der Waals surface area (Å²) in [4.78, 5) is 16.1. The van der Waals surface area contributed by atoms with E-state index in [1.807, 2.05) is 4.90 Å². The summed E-state index contributed by atoms with van der Waals surface area (Å²) in [6, 6.07) is 0.0979. The van der Waals surface area contributed by atoms with E-state index in [-0.39, 0.29) is 6.03 Å². The molecule has 0 aromatic heterocycles. The van der Waals surface area contributed by atoms with Crippen LogP contribution in [-0.2, 0) is 4.74 Å². The van der Waals surface area contributed by atoms with Crippen LogP contribution in [-0.4, -0.2) is 81.4 Å². The molecule has 3 rings (SSSR count). The van der Waals surface area contributed by atoms with Crippen molar-refractivity contribution in [2.24, 2.45) is 5.41 Å². The largest absolute Gasteiger partial charge is 0.379 e. The predicted octanol–water partition coefficient (Wildman–Crippen LogP) is -1.07. The van der Waals surface area contributed by atoms with Gasteiger partial charge in [0.1, 0.15) is 0 Å². The van der Waals surface area contributed by atoms with Gasteiger partial charge in [-0.3, -0.25) is 4.90 Å². The molecular formula is C12H22N4O2. The highest BCUT2D eigenvalue weighted by atomic mass is 16.5. The standard InChI is InChI=1S/C12H22N4O2/c17-11(16-9-12(10-16)7-13-8-12)14-1-2-15-3-5-18-6-4-15/h13H,1-10H2,(H,14,17). The fourth-order valence-corrected chi connectivity index (χ4v) is 2.87. The Morgan fingerprint density at radius 3 is 2.61 bits per heavy atom. The molecule has 3 aliphatic rings. The van der Waals surface area contributed by atoms with Crippen LogP contribution in [0.2, 0.25) is 0 Å². The number of likely N-dealkylation sites (tertiary alicyclic amines) is 1. The topological polar surface area (TPSA) is 56.8 Å². The Balaban J connectivity index is 1.30. The molecule has 0 aromatic rings. The van der Waals surface area contributed by atoms with Gasteiger partial charge in [0.05, 0.1) is 13.2 Å². The number of morpholine rings is 1. The molecule has 0 aromatic carbocycles. The second-order valence-electron chi connectivity index (χ2n) is 5.65. The van der Waals surface area contributed by atoms with Crippen LogP contribution in [0.4, 0.5) is 4.79 Å². The zero-order chi connectivity index (χ0) is 12.4. The first-order valence-electron chi connectivity index (χ1n) is 6.81. The third kappa shape index (κ3) is 2.46. The number of carbonyl (C=O) groups is 1. The van der Waals surface area contributed by atoms with Crippen LogP contribution in [0.5, 0.6) is 0 Å². The van der Waals surface area contributed by atoms with E-state index in [9.17, 15) is 4.79 Å². The van der Waals surface area contributed by atoms with Crippen LogP contribution in [0.1, 0.15) is 0 Å². The summed E-state index contributed by atoms with van der Waals surface area (Å²) in [5.74, 6) is 0. The molecule has 0 unspecified atom stereocenters. The van der Waals surface area contributed by atoms with Crippen LogP contribution in [0.3, 0.4) is 0 Å².